The summed E-state index contributed by atoms with van der Waals surface area (Å²) in [5.74, 6) is -0.754. The number of carbonyl (C=O) groups is 1. The van der Waals surface area contributed by atoms with Crippen molar-refractivity contribution in [3.05, 3.63) is 33.7 Å². The average molecular weight is 401 g/mol. The van der Waals surface area contributed by atoms with Crippen LogP contribution < -0.4 is 20.4 Å². The zero-order valence-corrected chi connectivity index (χ0v) is 16.3. The Morgan fingerprint density at radius 1 is 1.28 bits per heavy atom. The molecule has 2 atom stereocenters. The molecule has 1 aliphatic carbocycles. The number of pyridine rings is 1. The standard InChI is InChI=1S/C21H24FN3O4/c1-29-16-8-12(22)7-14-18(16)25(13-4-5-13)20(17(19(14)26)21(27)28)24-9-11-3-2-6-23-15(11)10-24/h7-8,11,13,15,23H,2-6,9-10H2,1H3,(H,27,28). The van der Waals surface area contributed by atoms with E-state index in [1.807, 2.05) is 9.47 Å². The van der Waals surface area contributed by atoms with Gasteiger partial charge in [-0.1, -0.05) is 0 Å². The Labute approximate surface area is 167 Å². The fourth-order valence-electron chi connectivity index (χ4n) is 5.03. The number of nitrogens with one attached hydrogen (secondary N) is 1. The van der Waals surface area contributed by atoms with Gasteiger partial charge in [-0.3, -0.25) is 4.79 Å². The number of carboxylic acids is 1. The van der Waals surface area contributed by atoms with E-state index in [1.54, 1.807) is 0 Å². The molecule has 1 aromatic carbocycles. The van der Waals surface area contributed by atoms with Crippen molar-refractivity contribution >= 4 is 22.7 Å². The molecule has 3 fully saturated rings. The van der Waals surface area contributed by atoms with E-state index in [0.717, 1.165) is 38.3 Å². The summed E-state index contributed by atoms with van der Waals surface area (Å²) in [6.07, 6.45) is 3.97. The molecule has 0 amide bonds. The average Bonchev–Trinajstić information content (AvgIpc) is 3.44. The number of benzene rings is 1. The largest absolute Gasteiger partial charge is 0.494 e. The number of hydrogen-bond acceptors (Lipinski definition) is 5. The Hall–Kier alpha value is -2.61. The highest BCUT2D eigenvalue weighted by Gasteiger charge is 2.40. The first kappa shape index (κ1) is 18.4. The van der Waals surface area contributed by atoms with Gasteiger partial charge in [0.2, 0.25) is 5.43 Å². The van der Waals surface area contributed by atoms with Gasteiger partial charge >= 0.3 is 5.97 Å². The van der Waals surface area contributed by atoms with E-state index >= 15 is 0 Å². The van der Waals surface area contributed by atoms with Gasteiger partial charge in [-0.2, -0.15) is 0 Å². The number of fused-ring (bicyclic) bond motifs is 2. The van der Waals surface area contributed by atoms with E-state index in [0.29, 0.717) is 36.4 Å². The molecule has 0 spiro atoms. The number of aromatic carboxylic acids is 1. The molecule has 0 bridgehead atoms. The van der Waals surface area contributed by atoms with Crippen molar-refractivity contribution in [2.24, 2.45) is 5.92 Å². The van der Waals surface area contributed by atoms with Gasteiger partial charge in [0.1, 0.15) is 22.9 Å². The van der Waals surface area contributed by atoms with Gasteiger partial charge in [0.15, 0.2) is 0 Å². The fraction of sp³-hybridized carbons (Fsp3) is 0.524. The van der Waals surface area contributed by atoms with Crippen molar-refractivity contribution < 1.29 is 19.0 Å². The number of halogens is 1. The van der Waals surface area contributed by atoms with Crippen LogP contribution in [-0.4, -0.2) is 48.4 Å². The van der Waals surface area contributed by atoms with Crippen molar-refractivity contribution in [2.75, 3.05) is 31.6 Å². The van der Waals surface area contributed by atoms with E-state index in [4.69, 9.17) is 4.74 Å². The monoisotopic (exact) mass is 401 g/mol. The van der Waals surface area contributed by atoms with Gasteiger partial charge in [0.05, 0.1) is 18.0 Å². The van der Waals surface area contributed by atoms with Crippen molar-refractivity contribution in [3.8, 4) is 5.75 Å². The summed E-state index contributed by atoms with van der Waals surface area (Å²) in [5.41, 5.74) is -0.431. The number of piperidine rings is 1. The first-order valence-corrected chi connectivity index (χ1v) is 10.2. The molecule has 1 aromatic heterocycles. The number of aromatic nitrogens is 1. The van der Waals surface area contributed by atoms with Crippen LogP contribution in [-0.2, 0) is 0 Å². The normalized spacial score (nSPS) is 24.0. The zero-order valence-electron chi connectivity index (χ0n) is 16.3. The maximum absolute atomic E-state index is 14.2. The molecular formula is C21H24FN3O4. The maximum atomic E-state index is 14.2. The van der Waals surface area contributed by atoms with Crippen LogP contribution in [0.4, 0.5) is 10.2 Å². The van der Waals surface area contributed by atoms with Gasteiger partial charge in [0.25, 0.3) is 0 Å². The summed E-state index contributed by atoms with van der Waals surface area (Å²) in [5, 5.41) is 13.6. The molecule has 7 nitrogen and oxygen atoms in total. The Kier molecular flexibility index (Phi) is 4.27. The molecule has 2 aromatic rings. The molecule has 2 aliphatic heterocycles. The minimum atomic E-state index is -1.27. The minimum Gasteiger partial charge on any atom is -0.494 e. The third kappa shape index (κ3) is 2.88. The molecule has 1 saturated carbocycles. The van der Waals surface area contributed by atoms with Gasteiger partial charge in [0, 0.05) is 31.2 Å². The van der Waals surface area contributed by atoms with Gasteiger partial charge in [-0.25, -0.2) is 9.18 Å². The topological polar surface area (TPSA) is 83.8 Å². The summed E-state index contributed by atoms with van der Waals surface area (Å²) in [7, 11) is 1.44. The van der Waals surface area contributed by atoms with Crippen LogP contribution in [0.5, 0.6) is 5.75 Å². The quantitative estimate of drug-likeness (QED) is 0.819. The van der Waals surface area contributed by atoms with E-state index in [-0.39, 0.29) is 22.7 Å². The molecule has 3 heterocycles. The Balaban J connectivity index is 1.81. The number of ether oxygens (including phenoxy) is 1. The Bertz CT molecular complexity index is 1050. The predicted octanol–water partition coefficient (Wildman–Crippen LogP) is 2.37. The molecule has 2 unspecified atom stereocenters. The molecule has 2 N–H and O–H groups in total. The molecule has 0 radical (unpaired) electrons. The third-order valence-electron chi connectivity index (χ3n) is 6.45. The number of anilines is 1. The molecule has 5 rings (SSSR count). The second-order valence-corrected chi connectivity index (χ2v) is 8.31. The van der Waals surface area contributed by atoms with Gasteiger partial charge < -0.3 is 24.6 Å². The lowest BCUT2D eigenvalue weighted by Gasteiger charge is -2.27. The number of carboxylic acid groups (broad SMARTS) is 1. The predicted molar refractivity (Wildman–Crippen MR) is 107 cm³/mol. The lowest BCUT2D eigenvalue weighted by atomic mass is 9.94. The second-order valence-electron chi connectivity index (χ2n) is 8.31. The van der Waals surface area contributed by atoms with Crippen LogP contribution in [0.1, 0.15) is 42.1 Å². The first-order valence-electron chi connectivity index (χ1n) is 10.2. The molecule has 3 aliphatic rings. The molecule has 8 heteroatoms. The minimum absolute atomic E-state index is 0.0599. The van der Waals surface area contributed by atoms with Crippen molar-refractivity contribution in [3.63, 3.8) is 0 Å². The summed E-state index contributed by atoms with van der Waals surface area (Å²) in [6.45, 7) is 2.33. The van der Waals surface area contributed by atoms with E-state index in [1.165, 1.54) is 13.2 Å². The number of rotatable bonds is 4. The van der Waals surface area contributed by atoms with Crippen molar-refractivity contribution in [2.45, 2.75) is 37.8 Å². The van der Waals surface area contributed by atoms with Crippen molar-refractivity contribution in [1.82, 2.24) is 9.88 Å². The molecule has 29 heavy (non-hydrogen) atoms. The third-order valence-corrected chi connectivity index (χ3v) is 6.45. The number of nitrogens with zero attached hydrogens (tertiary/aromatic N) is 2. The SMILES string of the molecule is COc1cc(F)cc2c(=O)c(C(=O)O)c(N3CC4CCCNC4C3)n(C3CC3)c12. The summed E-state index contributed by atoms with van der Waals surface area (Å²) >= 11 is 0. The fourth-order valence-corrected chi connectivity index (χ4v) is 5.03. The van der Waals surface area contributed by atoms with Gasteiger partial charge in [-0.15, -0.1) is 0 Å². The highest BCUT2D eigenvalue weighted by molar-refractivity contribution is 6.00. The summed E-state index contributed by atoms with van der Waals surface area (Å²) in [4.78, 5) is 27.5. The Morgan fingerprint density at radius 3 is 2.72 bits per heavy atom. The van der Waals surface area contributed by atoms with Crippen molar-refractivity contribution in [1.29, 1.82) is 0 Å². The number of methoxy groups -OCH3 is 1. The second kappa shape index (κ2) is 6.73. The highest BCUT2D eigenvalue weighted by Crippen LogP contribution is 2.45. The first-order chi connectivity index (χ1) is 14.0. The zero-order chi connectivity index (χ0) is 20.3. The Morgan fingerprint density at radius 2 is 2.07 bits per heavy atom. The smallest absolute Gasteiger partial charge is 0.343 e. The molecule has 2 saturated heterocycles. The molecular weight excluding hydrogens is 377 g/mol. The van der Waals surface area contributed by atoms with E-state index in [2.05, 4.69) is 5.32 Å². The van der Waals surface area contributed by atoms with E-state index < -0.39 is 17.2 Å². The lowest BCUT2D eigenvalue weighted by molar-refractivity contribution is 0.0695. The van der Waals surface area contributed by atoms with Crippen LogP contribution in [0.15, 0.2) is 16.9 Å². The van der Waals surface area contributed by atoms with Crippen LogP contribution in [0.2, 0.25) is 0 Å². The summed E-state index contributed by atoms with van der Waals surface area (Å²) in [6, 6.07) is 2.76. The number of hydrogen-bond donors (Lipinski definition) is 2. The summed E-state index contributed by atoms with van der Waals surface area (Å²) < 4.78 is 21.5. The van der Waals surface area contributed by atoms with Gasteiger partial charge in [-0.05, 0) is 44.2 Å². The molecule has 154 valence electrons. The van der Waals surface area contributed by atoms with Crippen LogP contribution in [0, 0.1) is 11.7 Å². The van der Waals surface area contributed by atoms with Crippen LogP contribution in [0.3, 0.4) is 0 Å². The maximum Gasteiger partial charge on any atom is 0.343 e. The van der Waals surface area contributed by atoms with Crippen LogP contribution in [0.25, 0.3) is 10.9 Å². The lowest BCUT2D eigenvalue weighted by Crippen LogP contribution is -2.41. The van der Waals surface area contributed by atoms with Crippen LogP contribution >= 0.6 is 0 Å². The highest BCUT2D eigenvalue weighted by atomic mass is 19.1. The van der Waals surface area contributed by atoms with E-state index in [9.17, 15) is 19.1 Å².